The number of amides is 1. The molecule has 0 aliphatic heterocycles. The van der Waals surface area contributed by atoms with Crippen molar-refractivity contribution in [2.24, 2.45) is 5.73 Å². The number of thiocarbonyl (C=S) groups is 1. The second kappa shape index (κ2) is 6.07. The van der Waals surface area contributed by atoms with Gasteiger partial charge in [-0.15, -0.1) is 11.3 Å². The van der Waals surface area contributed by atoms with Crippen LogP contribution in [0.15, 0.2) is 6.20 Å². The van der Waals surface area contributed by atoms with E-state index in [1.807, 2.05) is 20.8 Å². The van der Waals surface area contributed by atoms with E-state index in [-0.39, 0.29) is 11.9 Å². The SMILES string of the molecule is Cc1ncc(C(=O)N(CCC(N)=S)C(C)C)s1. The van der Waals surface area contributed by atoms with Crippen LogP contribution in [-0.2, 0) is 0 Å². The molecule has 94 valence electrons. The van der Waals surface area contributed by atoms with E-state index in [0.717, 1.165) is 5.01 Å². The molecule has 6 heteroatoms. The minimum Gasteiger partial charge on any atom is -0.393 e. The van der Waals surface area contributed by atoms with E-state index in [0.29, 0.717) is 22.8 Å². The molecule has 1 rings (SSSR count). The lowest BCUT2D eigenvalue weighted by Gasteiger charge is -2.25. The normalized spacial score (nSPS) is 10.6. The molecule has 0 aromatic carbocycles. The number of thiazole rings is 1. The first-order valence-corrected chi connectivity index (χ1v) is 6.66. The van der Waals surface area contributed by atoms with Gasteiger partial charge in [0.15, 0.2) is 0 Å². The van der Waals surface area contributed by atoms with Crippen LogP contribution in [0.2, 0.25) is 0 Å². The minimum atomic E-state index is 0.00171. The Kier molecular flexibility index (Phi) is 5.02. The number of nitrogens with zero attached hydrogens (tertiary/aromatic N) is 2. The monoisotopic (exact) mass is 271 g/mol. The highest BCUT2D eigenvalue weighted by molar-refractivity contribution is 7.80. The smallest absolute Gasteiger partial charge is 0.265 e. The molecule has 0 aliphatic carbocycles. The lowest BCUT2D eigenvalue weighted by molar-refractivity contribution is 0.0716. The maximum atomic E-state index is 12.2. The first kappa shape index (κ1) is 14.1. The van der Waals surface area contributed by atoms with Gasteiger partial charge in [0, 0.05) is 19.0 Å². The number of carbonyl (C=O) groups excluding carboxylic acids is 1. The lowest BCUT2D eigenvalue weighted by atomic mass is 10.2. The van der Waals surface area contributed by atoms with Crippen LogP contribution in [-0.4, -0.2) is 33.4 Å². The summed E-state index contributed by atoms with van der Waals surface area (Å²) in [6.45, 7) is 6.40. The minimum absolute atomic E-state index is 0.00171. The van der Waals surface area contributed by atoms with Gasteiger partial charge in [0.25, 0.3) is 5.91 Å². The van der Waals surface area contributed by atoms with Crippen LogP contribution in [0.3, 0.4) is 0 Å². The van der Waals surface area contributed by atoms with Gasteiger partial charge in [-0.25, -0.2) is 4.98 Å². The summed E-state index contributed by atoms with van der Waals surface area (Å²) in [6, 6.07) is 0.124. The molecule has 1 aromatic heterocycles. The number of rotatable bonds is 5. The van der Waals surface area contributed by atoms with Crippen LogP contribution in [0, 0.1) is 6.92 Å². The molecule has 0 unspecified atom stereocenters. The maximum absolute atomic E-state index is 12.2. The van der Waals surface area contributed by atoms with Gasteiger partial charge in [0.05, 0.1) is 16.2 Å². The van der Waals surface area contributed by atoms with E-state index in [9.17, 15) is 4.79 Å². The molecular weight excluding hydrogens is 254 g/mol. The molecule has 1 heterocycles. The van der Waals surface area contributed by atoms with Gasteiger partial charge >= 0.3 is 0 Å². The molecule has 0 fully saturated rings. The Morgan fingerprint density at radius 2 is 2.29 bits per heavy atom. The van der Waals surface area contributed by atoms with Crippen LogP contribution in [0.25, 0.3) is 0 Å². The van der Waals surface area contributed by atoms with Gasteiger partial charge < -0.3 is 10.6 Å². The molecule has 4 nitrogen and oxygen atoms in total. The number of carbonyl (C=O) groups is 1. The first-order chi connectivity index (χ1) is 7.91. The average Bonchev–Trinajstić information content (AvgIpc) is 2.63. The van der Waals surface area contributed by atoms with E-state index >= 15 is 0 Å². The molecule has 1 aromatic rings. The lowest BCUT2D eigenvalue weighted by Crippen LogP contribution is -2.38. The summed E-state index contributed by atoms with van der Waals surface area (Å²) in [6.07, 6.45) is 2.18. The molecule has 0 radical (unpaired) electrons. The van der Waals surface area contributed by atoms with Gasteiger partial charge in [-0.1, -0.05) is 12.2 Å². The second-order valence-electron chi connectivity index (χ2n) is 4.05. The highest BCUT2D eigenvalue weighted by Crippen LogP contribution is 2.16. The molecule has 0 spiro atoms. The van der Waals surface area contributed by atoms with Crippen LogP contribution in [0.4, 0.5) is 0 Å². The van der Waals surface area contributed by atoms with Crippen molar-refractivity contribution in [2.75, 3.05) is 6.54 Å². The van der Waals surface area contributed by atoms with Crippen LogP contribution in [0.1, 0.15) is 34.9 Å². The number of aromatic nitrogens is 1. The zero-order valence-electron chi connectivity index (χ0n) is 10.3. The van der Waals surface area contributed by atoms with E-state index in [2.05, 4.69) is 4.98 Å². The van der Waals surface area contributed by atoms with Crippen LogP contribution >= 0.6 is 23.6 Å². The fourth-order valence-electron chi connectivity index (χ4n) is 1.43. The summed E-state index contributed by atoms with van der Waals surface area (Å²) in [7, 11) is 0. The van der Waals surface area contributed by atoms with Crippen molar-refractivity contribution in [3.05, 3.63) is 16.1 Å². The van der Waals surface area contributed by atoms with Gasteiger partial charge in [-0.05, 0) is 20.8 Å². The van der Waals surface area contributed by atoms with Crippen LogP contribution < -0.4 is 5.73 Å². The quantitative estimate of drug-likeness (QED) is 0.832. The average molecular weight is 271 g/mol. The molecule has 17 heavy (non-hydrogen) atoms. The molecule has 0 saturated carbocycles. The topological polar surface area (TPSA) is 59.2 Å². The molecule has 1 amide bonds. The summed E-state index contributed by atoms with van der Waals surface area (Å²) in [5.41, 5.74) is 5.47. The van der Waals surface area contributed by atoms with Gasteiger partial charge in [-0.2, -0.15) is 0 Å². The van der Waals surface area contributed by atoms with Crippen molar-refractivity contribution in [3.8, 4) is 0 Å². The van der Waals surface area contributed by atoms with Gasteiger partial charge in [-0.3, -0.25) is 4.79 Å². The van der Waals surface area contributed by atoms with Crippen molar-refractivity contribution >= 4 is 34.5 Å². The van der Waals surface area contributed by atoms with Crippen molar-refractivity contribution < 1.29 is 4.79 Å². The Morgan fingerprint density at radius 1 is 1.65 bits per heavy atom. The second-order valence-corrected chi connectivity index (χ2v) is 5.81. The molecule has 0 atom stereocenters. The third-order valence-electron chi connectivity index (χ3n) is 2.32. The predicted molar refractivity (Wildman–Crippen MR) is 74.4 cm³/mol. The van der Waals surface area contributed by atoms with E-state index < -0.39 is 0 Å². The maximum Gasteiger partial charge on any atom is 0.265 e. The largest absolute Gasteiger partial charge is 0.393 e. The Hall–Kier alpha value is -1.01. The zero-order valence-corrected chi connectivity index (χ0v) is 11.9. The molecule has 0 aliphatic rings. The van der Waals surface area contributed by atoms with Crippen LogP contribution in [0.5, 0.6) is 0 Å². The Morgan fingerprint density at radius 3 is 2.71 bits per heavy atom. The highest BCUT2D eigenvalue weighted by Gasteiger charge is 2.20. The Bertz CT molecular complexity index is 415. The number of nitrogens with two attached hydrogens (primary N) is 1. The predicted octanol–water partition coefficient (Wildman–Crippen LogP) is 1.98. The standard InChI is InChI=1S/C11H17N3OS2/c1-7(2)14(5-4-10(12)16)11(15)9-6-13-8(3)17-9/h6-7H,4-5H2,1-3H3,(H2,12,16). The van der Waals surface area contributed by atoms with Crippen molar-refractivity contribution in [3.63, 3.8) is 0 Å². The number of hydrogen-bond acceptors (Lipinski definition) is 4. The van der Waals surface area contributed by atoms with E-state index in [1.165, 1.54) is 11.3 Å². The summed E-state index contributed by atoms with van der Waals surface area (Å²) in [5.74, 6) is 0.00171. The fraction of sp³-hybridized carbons (Fsp3) is 0.545. The van der Waals surface area contributed by atoms with Crippen molar-refractivity contribution in [1.82, 2.24) is 9.88 Å². The number of aryl methyl sites for hydroxylation is 1. The molecule has 0 saturated heterocycles. The fourth-order valence-corrected chi connectivity index (χ4v) is 2.25. The number of hydrogen-bond donors (Lipinski definition) is 1. The zero-order chi connectivity index (χ0) is 13.0. The van der Waals surface area contributed by atoms with Gasteiger partial charge in [0.2, 0.25) is 0 Å². The summed E-state index contributed by atoms with van der Waals surface area (Å²) >= 11 is 6.25. The Labute approximate surface area is 111 Å². The van der Waals surface area contributed by atoms with E-state index in [1.54, 1.807) is 11.1 Å². The van der Waals surface area contributed by atoms with Gasteiger partial charge in [0.1, 0.15) is 4.88 Å². The molecular formula is C11H17N3OS2. The van der Waals surface area contributed by atoms with Crippen molar-refractivity contribution in [1.29, 1.82) is 0 Å². The van der Waals surface area contributed by atoms with Crippen molar-refractivity contribution in [2.45, 2.75) is 33.2 Å². The summed E-state index contributed by atoms with van der Waals surface area (Å²) < 4.78 is 0. The molecule has 0 bridgehead atoms. The first-order valence-electron chi connectivity index (χ1n) is 5.43. The van der Waals surface area contributed by atoms with E-state index in [4.69, 9.17) is 18.0 Å². The highest BCUT2D eigenvalue weighted by atomic mass is 32.1. The third-order valence-corrected chi connectivity index (χ3v) is 3.42. The Balaban J connectivity index is 2.77. The molecule has 2 N–H and O–H groups in total. The summed E-state index contributed by atoms with van der Waals surface area (Å²) in [5, 5.41) is 0.895. The third kappa shape index (κ3) is 4.05. The summed E-state index contributed by atoms with van der Waals surface area (Å²) in [4.78, 5) is 19.2.